The number of allylic oxidation sites excluding steroid dienone is 2. The first-order valence-corrected chi connectivity index (χ1v) is 7.68. The molecule has 2 N–H and O–H groups in total. The van der Waals surface area contributed by atoms with Crippen molar-refractivity contribution in [3.63, 3.8) is 0 Å². The summed E-state index contributed by atoms with van der Waals surface area (Å²) < 4.78 is 1.94. The van der Waals surface area contributed by atoms with E-state index in [1.165, 1.54) is 17.7 Å². The fourth-order valence-corrected chi connectivity index (χ4v) is 3.72. The molecular formula is C12H19N3S2. The molecule has 0 radical (unpaired) electrons. The molecule has 0 aliphatic carbocycles. The zero-order valence-corrected chi connectivity index (χ0v) is 12.0. The summed E-state index contributed by atoms with van der Waals surface area (Å²) in [6.07, 6.45) is 8.12. The Morgan fingerprint density at radius 1 is 1.47 bits per heavy atom. The van der Waals surface area contributed by atoms with Crippen LogP contribution in [0, 0.1) is 0 Å². The molecule has 0 saturated carbocycles. The molecule has 1 unspecified atom stereocenters. The van der Waals surface area contributed by atoms with Crippen LogP contribution in [0.3, 0.4) is 0 Å². The summed E-state index contributed by atoms with van der Waals surface area (Å²) in [6.45, 7) is 2.17. The number of thioether (sulfide) groups is 1. The Balaban J connectivity index is 2.22. The minimum absolute atomic E-state index is 0.159. The lowest BCUT2D eigenvalue weighted by molar-refractivity contribution is 0.610. The van der Waals surface area contributed by atoms with Crippen LogP contribution in [0.5, 0.6) is 0 Å². The second-order valence-electron chi connectivity index (χ2n) is 4.50. The molecule has 17 heavy (non-hydrogen) atoms. The summed E-state index contributed by atoms with van der Waals surface area (Å²) >= 11 is 3.53. The first kappa shape index (κ1) is 12.9. The zero-order chi connectivity index (χ0) is 12.3. The van der Waals surface area contributed by atoms with Gasteiger partial charge in [0.25, 0.3) is 0 Å². The monoisotopic (exact) mass is 269 g/mol. The van der Waals surface area contributed by atoms with Crippen LogP contribution in [0.2, 0.25) is 0 Å². The summed E-state index contributed by atoms with van der Waals surface area (Å²) in [5, 5.41) is 2.19. The van der Waals surface area contributed by atoms with Gasteiger partial charge in [0, 0.05) is 17.7 Å². The first-order valence-electron chi connectivity index (χ1n) is 5.86. The van der Waals surface area contributed by atoms with Crippen LogP contribution in [-0.2, 0) is 0 Å². The van der Waals surface area contributed by atoms with E-state index in [1.54, 1.807) is 23.7 Å². The second kappa shape index (κ2) is 5.40. The third-order valence-corrected chi connectivity index (χ3v) is 5.40. The molecule has 0 amide bonds. The van der Waals surface area contributed by atoms with Gasteiger partial charge in [-0.25, -0.2) is 4.99 Å². The van der Waals surface area contributed by atoms with Crippen molar-refractivity contribution < 1.29 is 0 Å². The van der Waals surface area contributed by atoms with E-state index in [2.05, 4.69) is 29.5 Å². The largest absolute Gasteiger partial charge is 0.369 e. The van der Waals surface area contributed by atoms with E-state index in [4.69, 9.17) is 5.73 Å². The predicted octanol–water partition coefficient (Wildman–Crippen LogP) is 2.97. The summed E-state index contributed by atoms with van der Waals surface area (Å²) in [6, 6.07) is 0. The lowest BCUT2D eigenvalue weighted by Crippen LogP contribution is -2.42. The van der Waals surface area contributed by atoms with Gasteiger partial charge in [-0.1, -0.05) is 12.2 Å². The van der Waals surface area contributed by atoms with Crippen LogP contribution in [-0.4, -0.2) is 28.6 Å². The Labute approximate surface area is 112 Å². The molecule has 0 aromatic rings. The SMILES string of the molecule is CN1SCC(C)(C2=CCCCC=CS2)N=C1N. The molecule has 2 heterocycles. The molecule has 0 fully saturated rings. The van der Waals surface area contributed by atoms with E-state index in [1.807, 2.05) is 11.4 Å². The molecule has 0 aromatic carbocycles. The Morgan fingerprint density at radius 2 is 2.29 bits per heavy atom. The van der Waals surface area contributed by atoms with Gasteiger partial charge in [0.05, 0.1) is 0 Å². The van der Waals surface area contributed by atoms with Crippen molar-refractivity contribution in [2.75, 3.05) is 12.8 Å². The summed E-state index contributed by atoms with van der Waals surface area (Å²) in [5.74, 6) is 1.58. The zero-order valence-electron chi connectivity index (χ0n) is 10.3. The van der Waals surface area contributed by atoms with Gasteiger partial charge in [0.15, 0.2) is 0 Å². The number of hydrogen-bond donors (Lipinski definition) is 1. The standard InChI is InChI=1S/C12H19N3S2/c1-12(9-17-15(2)11(13)14-12)10-7-5-3-4-6-8-16-10/h6-8H,3-5,9H2,1-2H3,(H2,13,14). The average molecular weight is 269 g/mol. The molecule has 2 aliphatic rings. The van der Waals surface area contributed by atoms with E-state index < -0.39 is 0 Å². The van der Waals surface area contributed by atoms with Crippen LogP contribution in [0.15, 0.2) is 27.5 Å². The van der Waals surface area contributed by atoms with Crippen molar-refractivity contribution in [3.8, 4) is 0 Å². The topological polar surface area (TPSA) is 41.6 Å². The smallest absolute Gasteiger partial charge is 0.202 e. The van der Waals surface area contributed by atoms with Gasteiger partial charge >= 0.3 is 0 Å². The van der Waals surface area contributed by atoms with Crippen molar-refractivity contribution in [3.05, 3.63) is 22.5 Å². The molecule has 0 saturated heterocycles. The van der Waals surface area contributed by atoms with Gasteiger partial charge in [-0.2, -0.15) is 0 Å². The molecule has 94 valence electrons. The highest BCUT2D eigenvalue weighted by Gasteiger charge is 2.33. The minimum atomic E-state index is -0.159. The molecule has 2 aliphatic heterocycles. The first-order chi connectivity index (χ1) is 8.12. The van der Waals surface area contributed by atoms with Crippen molar-refractivity contribution >= 4 is 29.7 Å². The van der Waals surface area contributed by atoms with Crippen molar-refractivity contribution in [1.82, 2.24) is 4.31 Å². The second-order valence-corrected chi connectivity index (χ2v) is 6.55. The van der Waals surface area contributed by atoms with Gasteiger partial charge < -0.3 is 5.73 Å². The van der Waals surface area contributed by atoms with Crippen LogP contribution in [0.25, 0.3) is 0 Å². The highest BCUT2D eigenvalue weighted by atomic mass is 32.2. The number of nitrogens with zero attached hydrogens (tertiary/aromatic N) is 2. The molecular weight excluding hydrogens is 250 g/mol. The van der Waals surface area contributed by atoms with E-state index >= 15 is 0 Å². The Hall–Kier alpha value is -0.550. The van der Waals surface area contributed by atoms with Crippen LogP contribution in [0.1, 0.15) is 26.2 Å². The Bertz CT molecular complexity index is 376. The molecule has 0 bridgehead atoms. The number of guanidine groups is 1. The summed E-state index contributed by atoms with van der Waals surface area (Å²) in [7, 11) is 1.96. The van der Waals surface area contributed by atoms with Gasteiger partial charge in [0.2, 0.25) is 5.96 Å². The van der Waals surface area contributed by atoms with Gasteiger partial charge in [-0.3, -0.25) is 4.31 Å². The number of aliphatic imine (C=N–C) groups is 1. The molecule has 3 nitrogen and oxygen atoms in total. The van der Waals surface area contributed by atoms with Crippen LogP contribution < -0.4 is 5.73 Å². The van der Waals surface area contributed by atoms with Crippen molar-refractivity contribution in [1.29, 1.82) is 0 Å². The molecule has 1 atom stereocenters. The quantitative estimate of drug-likeness (QED) is 0.743. The highest BCUT2D eigenvalue weighted by Crippen LogP contribution is 2.39. The number of rotatable bonds is 1. The van der Waals surface area contributed by atoms with E-state index in [0.717, 1.165) is 12.2 Å². The molecule has 0 aromatic heterocycles. The minimum Gasteiger partial charge on any atom is -0.369 e. The lowest BCUT2D eigenvalue weighted by Gasteiger charge is -2.35. The van der Waals surface area contributed by atoms with Gasteiger partial charge in [-0.15, -0.1) is 11.8 Å². The molecule has 5 heteroatoms. The lowest BCUT2D eigenvalue weighted by atomic mass is 10.0. The van der Waals surface area contributed by atoms with E-state index in [0.29, 0.717) is 5.96 Å². The maximum atomic E-state index is 5.93. The number of hydrogen-bond acceptors (Lipinski definition) is 5. The maximum Gasteiger partial charge on any atom is 0.202 e. The number of nitrogens with two attached hydrogens (primary N) is 1. The Morgan fingerprint density at radius 3 is 3.06 bits per heavy atom. The van der Waals surface area contributed by atoms with Gasteiger partial charge in [-0.05, 0) is 43.5 Å². The normalized spacial score (nSPS) is 30.4. The van der Waals surface area contributed by atoms with Crippen LogP contribution >= 0.6 is 23.7 Å². The van der Waals surface area contributed by atoms with Crippen molar-refractivity contribution in [2.45, 2.75) is 31.7 Å². The Kier molecular flexibility index (Phi) is 4.09. The van der Waals surface area contributed by atoms with E-state index in [-0.39, 0.29) is 5.54 Å². The van der Waals surface area contributed by atoms with Crippen molar-refractivity contribution in [2.24, 2.45) is 10.7 Å². The molecule has 0 spiro atoms. The third-order valence-electron chi connectivity index (χ3n) is 2.95. The van der Waals surface area contributed by atoms with Crippen LogP contribution in [0.4, 0.5) is 0 Å². The fraction of sp³-hybridized carbons (Fsp3) is 0.583. The molecule has 2 rings (SSSR count). The average Bonchev–Trinajstić information content (AvgIpc) is 2.23. The fourth-order valence-electron chi connectivity index (χ4n) is 1.82. The maximum absolute atomic E-state index is 5.93. The predicted molar refractivity (Wildman–Crippen MR) is 78.9 cm³/mol. The summed E-state index contributed by atoms with van der Waals surface area (Å²) in [4.78, 5) is 6.00. The third kappa shape index (κ3) is 3.01. The summed E-state index contributed by atoms with van der Waals surface area (Å²) in [5.41, 5.74) is 5.77. The van der Waals surface area contributed by atoms with Gasteiger partial charge in [0.1, 0.15) is 5.54 Å². The highest BCUT2D eigenvalue weighted by molar-refractivity contribution is 8.06. The van der Waals surface area contributed by atoms with E-state index in [9.17, 15) is 0 Å².